The van der Waals surface area contributed by atoms with Crippen LogP contribution in [0.15, 0.2) is 12.1 Å². The molecule has 17 heavy (non-hydrogen) atoms. The van der Waals surface area contributed by atoms with Crippen molar-refractivity contribution in [2.45, 2.75) is 13.8 Å². The van der Waals surface area contributed by atoms with Gasteiger partial charge in [0.2, 0.25) is 0 Å². The molecule has 3 N–H and O–H groups in total. The molecular formula is C10H17N5O2. The van der Waals surface area contributed by atoms with Gasteiger partial charge in [0.05, 0.1) is 17.1 Å². The molecule has 1 aromatic rings. The van der Waals surface area contributed by atoms with Crippen LogP contribution in [0.5, 0.6) is 0 Å². The molecule has 0 atom stereocenters. The third-order valence-electron chi connectivity index (χ3n) is 2.19. The standard InChI is InChI=1S/C10H17N5O2/c1-7(2)6-14(3)10-5-8(15(16)17)4-9(12-10)13-11/h4-5,7H,6,11H2,1-3H3,(H,12,13). The number of anilines is 2. The van der Waals surface area contributed by atoms with E-state index in [0.29, 0.717) is 11.7 Å². The van der Waals surface area contributed by atoms with Crippen molar-refractivity contribution < 1.29 is 4.92 Å². The van der Waals surface area contributed by atoms with Gasteiger partial charge in [-0.2, -0.15) is 0 Å². The maximum atomic E-state index is 10.8. The lowest BCUT2D eigenvalue weighted by Gasteiger charge is -2.20. The molecule has 0 aliphatic heterocycles. The lowest BCUT2D eigenvalue weighted by atomic mass is 10.2. The fourth-order valence-electron chi connectivity index (χ4n) is 1.52. The molecule has 0 radical (unpaired) electrons. The molecule has 0 saturated carbocycles. The lowest BCUT2D eigenvalue weighted by molar-refractivity contribution is -0.384. The Morgan fingerprint density at radius 2 is 2.24 bits per heavy atom. The number of nitrogens with two attached hydrogens (primary N) is 1. The minimum atomic E-state index is -0.463. The number of nitro groups is 1. The Kier molecular flexibility index (Phi) is 4.22. The zero-order chi connectivity index (χ0) is 13.0. The largest absolute Gasteiger partial charge is 0.359 e. The molecule has 0 aliphatic rings. The third kappa shape index (κ3) is 3.56. The van der Waals surface area contributed by atoms with E-state index in [1.54, 1.807) is 0 Å². The monoisotopic (exact) mass is 239 g/mol. The fraction of sp³-hybridized carbons (Fsp3) is 0.500. The first-order chi connectivity index (χ1) is 7.93. The van der Waals surface area contributed by atoms with Crippen LogP contribution in [0.4, 0.5) is 17.3 Å². The molecule has 0 unspecified atom stereocenters. The van der Waals surface area contributed by atoms with Gasteiger partial charge in [0.1, 0.15) is 11.6 Å². The van der Waals surface area contributed by atoms with Crippen LogP contribution in [-0.2, 0) is 0 Å². The maximum absolute atomic E-state index is 10.8. The average Bonchev–Trinajstić information content (AvgIpc) is 2.27. The molecule has 94 valence electrons. The second kappa shape index (κ2) is 5.44. The molecule has 0 fully saturated rings. The van der Waals surface area contributed by atoms with Crippen molar-refractivity contribution >= 4 is 17.3 Å². The van der Waals surface area contributed by atoms with Crippen molar-refractivity contribution in [1.82, 2.24) is 4.98 Å². The number of rotatable bonds is 5. The summed E-state index contributed by atoms with van der Waals surface area (Å²) >= 11 is 0. The topological polar surface area (TPSA) is 97.3 Å². The van der Waals surface area contributed by atoms with Gasteiger partial charge in [0, 0.05) is 13.6 Å². The number of hydrazine groups is 1. The van der Waals surface area contributed by atoms with Gasteiger partial charge in [-0.3, -0.25) is 10.1 Å². The summed E-state index contributed by atoms with van der Waals surface area (Å²) in [5.41, 5.74) is 2.30. The summed E-state index contributed by atoms with van der Waals surface area (Å²) in [6.45, 7) is 4.89. The lowest BCUT2D eigenvalue weighted by Crippen LogP contribution is -2.24. The van der Waals surface area contributed by atoms with Crippen LogP contribution in [0.2, 0.25) is 0 Å². The number of pyridine rings is 1. The van der Waals surface area contributed by atoms with Gasteiger partial charge >= 0.3 is 0 Å². The first kappa shape index (κ1) is 13.2. The predicted octanol–water partition coefficient (Wildman–Crippen LogP) is 1.37. The first-order valence-electron chi connectivity index (χ1n) is 5.28. The van der Waals surface area contributed by atoms with Crippen LogP contribution >= 0.6 is 0 Å². The summed E-state index contributed by atoms with van der Waals surface area (Å²) in [5.74, 6) is 6.49. The molecule has 0 saturated heterocycles. The molecule has 1 heterocycles. The Hall–Kier alpha value is -1.89. The van der Waals surface area contributed by atoms with Crippen molar-refractivity contribution in [1.29, 1.82) is 0 Å². The highest BCUT2D eigenvalue weighted by Gasteiger charge is 2.13. The van der Waals surface area contributed by atoms with E-state index < -0.39 is 4.92 Å². The van der Waals surface area contributed by atoms with Crippen molar-refractivity contribution in [3.63, 3.8) is 0 Å². The summed E-state index contributed by atoms with van der Waals surface area (Å²) in [5, 5.41) is 10.8. The van der Waals surface area contributed by atoms with Gasteiger partial charge in [0.25, 0.3) is 5.69 Å². The second-order valence-electron chi connectivity index (χ2n) is 4.24. The highest BCUT2D eigenvalue weighted by Crippen LogP contribution is 2.22. The van der Waals surface area contributed by atoms with Crippen LogP contribution in [-0.4, -0.2) is 23.5 Å². The van der Waals surface area contributed by atoms with Crippen LogP contribution in [0.1, 0.15) is 13.8 Å². The van der Waals surface area contributed by atoms with Crippen LogP contribution in [0, 0.1) is 16.0 Å². The van der Waals surface area contributed by atoms with Crippen LogP contribution in [0.25, 0.3) is 0 Å². The molecule has 0 spiro atoms. The number of nitrogens with zero attached hydrogens (tertiary/aromatic N) is 3. The SMILES string of the molecule is CC(C)CN(C)c1cc([N+](=O)[O-])cc(NN)n1. The van der Waals surface area contributed by atoms with E-state index in [0.717, 1.165) is 6.54 Å². The Morgan fingerprint density at radius 1 is 1.59 bits per heavy atom. The second-order valence-corrected chi connectivity index (χ2v) is 4.24. The van der Waals surface area contributed by atoms with E-state index in [1.165, 1.54) is 12.1 Å². The van der Waals surface area contributed by atoms with E-state index >= 15 is 0 Å². The fourth-order valence-corrected chi connectivity index (χ4v) is 1.52. The third-order valence-corrected chi connectivity index (χ3v) is 2.19. The van der Waals surface area contributed by atoms with Crippen molar-refractivity contribution in [3.8, 4) is 0 Å². The molecule has 1 rings (SSSR count). The Morgan fingerprint density at radius 3 is 2.71 bits per heavy atom. The molecule has 7 nitrogen and oxygen atoms in total. The Bertz CT molecular complexity index is 408. The number of nitrogen functional groups attached to an aromatic ring is 1. The summed E-state index contributed by atoms with van der Waals surface area (Å²) in [7, 11) is 1.84. The van der Waals surface area contributed by atoms with E-state index in [9.17, 15) is 10.1 Å². The zero-order valence-corrected chi connectivity index (χ0v) is 10.2. The highest BCUT2D eigenvalue weighted by molar-refractivity contribution is 5.55. The first-order valence-corrected chi connectivity index (χ1v) is 5.28. The minimum Gasteiger partial charge on any atom is -0.359 e. The summed E-state index contributed by atoms with van der Waals surface area (Å²) in [6, 6.07) is 2.73. The zero-order valence-electron chi connectivity index (χ0n) is 10.2. The van der Waals surface area contributed by atoms with E-state index in [1.807, 2.05) is 11.9 Å². The summed E-state index contributed by atoms with van der Waals surface area (Å²) in [4.78, 5) is 16.3. The summed E-state index contributed by atoms with van der Waals surface area (Å²) < 4.78 is 0. The van der Waals surface area contributed by atoms with Gasteiger partial charge in [-0.05, 0) is 5.92 Å². The van der Waals surface area contributed by atoms with Gasteiger partial charge in [-0.15, -0.1) is 0 Å². The van der Waals surface area contributed by atoms with E-state index in [-0.39, 0.29) is 11.5 Å². The normalized spacial score (nSPS) is 10.4. The molecular weight excluding hydrogens is 222 g/mol. The Balaban J connectivity index is 3.06. The quantitative estimate of drug-likeness (QED) is 0.457. The minimum absolute atomic E-state index is 0.0291. The van der Waals surface area contributed by atoms with Gasteiger partial charge in [-0.25, -0.2) is 10.8 Å². The molecule has 0 amide bonds. The van der Waals surface area contributed by atoms with E-state index in [2.05, 4.69) is 24.3 Å². The van der Waals surface area contributed by atoms with Crippen molar-refractivity contribution in [2.75, 3.05) is 23.9 Å². The summed E-state index contributed by atoms with van der Waals surface area (Å²) in [6.07, 6.45) is 0. The van der Waals surface area contributed by atoms with Gasteiger partial charge in [-0.1, -0.05) is 13.8 Å². The van der Waals surface area contributed by atoms with Crippen molar-refractivity contribution in [2.24, 2.45) is 11.8 Å². The highest BCUT2D eigenvalue weighted by atomic mass is 16.6. The molecule has 7 heteroatoms. The number of aromatic nitrogens is 1. The molecule has 0 aliphatic carbocycles. The molecule has 0 bridgehead atoms. The van der Waals surface area contributed by atoms with Gasteiger partial charge in [0.15, 0.2) is 0 Å². The van der Waals surface area contributed by atoms with Gasteiger partial charge < -0.3 is 10.3 Å². The van der Waals surface area contributed by atoms with Crippen LogP contribution < -0.4 is 16.2 Å². The average molecular weight is 239 g/mol. The molecule has 1 aromatic heterocycles. The maximum Gasteiger partial charge on any atom is 0.276 e. The number of hydrogen-bond acceptors (Lipinski definition) is 6. The smallest absolute Gasteiger partial charge is 0.276 e. The van der Waals surface area contributed by atoms with Crippen molar-refractivity contribution in [3.05, 3.63) is 22.2 Å². The number of hydrogen-bond donors (Lipinski definition) is 2. The van der Waals surface area contributed by atoms with E-state index in [4.69, 9.17) is 5.84 Å². The number of nitrogens with one attached hydrogen (secondary N) is 1. The predicted molar refractivity (Wildman–Crippen MR) is 66.8 cm³/mol. The molecule has 0 aromatic carbocycles. The van der Waals surface area contributed by atoms with Crippen LogP contribution in [0.3, 0.4) is 0 Å². The Labute approximate surface area is 99.7 Å².